The molecule has 1 fully saturated rings. The van der Waals surface area contributed by atoms with Crippen molar-refractivity contribution in [2.24, 2.45) is 17.3 Å². The molecule has 10 heavy (non-hydrogen) atoms. The predicted octanol–water partition coefficient (Wildman–Crippen LogP) is 0.542. The van der Waals surface area contributed by atoms with Crippen LogP contribution in [0.3, 0.4) is 0 Å². The molecule has 0 aromatic carbocycles. The highest BCUT2D eigenvalue weighted by molar-refractivity contribution is 5.82. The molecule has 56 valence electrons. The summed E-state index contributed by atoms with van der Waals surface area (Å²) in [6.07, 6.45) is 0.735. The van der Waals surface area contributed by atoms with E-state index in [-0.39, 0.29) is 11.3 Å². The van der Waals surface area contributed by atoms with E-state index in [1.54, 1.807) is 13.8 Å². The Labute approximate surface area is 59.0 Å². The van der Waals surface area contributed by atoms with Crippen molar-refractivity contribution in [3.63, 3.8) is 0 Å². The molecule has 0 aromatic rings. The molecule has 0 spiro atoms. The first-order valence-electron chi connectivity index (χ1n) is 3.20. The summed E-state index contributed by atoms with van der Waals surface area (Å²) < 4.78 is 0. The van der Waals surface area contributed by atoms with Crippen molar-refractivity contribution in [3.8, 4) is 0 Å². The van der Waals surface area contributed by atoms with E-state index < -0.39 is 11.9 Å². The van der Waals surface area contributed by atoms with Crippen LogP contribution in [0.1, 0.15) is 13.8 Å². The van der Waals surface area contributed by atoms with E-state index in [4.69, 9.17) is 5.11 Å². The topological polar surface area (TPSA) is 54.4 Å². The number of aliphatic carboxylic acids is 1. The summed E-state index contributed by atoms with van der Waals surface area (Å²) >= 11 is 0. The molecule has 1 N–H and O–H groups in total. The number of hydrogen-bond acceptors (Lipinski definition) is 2. The van der Waals surface area contributed by atoms with Crippen molar-refractivity contribution < 1.29 is 14.7 Å². The molecule has 1 rings (SSSR count). The van der Waals surface area contributed by atoms with Crippen molar-refractivity contribution in [1.29, 1.82) is 0 Å². The summed E-state index contributed by atoms with van der Waals surface area (Å²) in [6, 6.07) is 0. The molecule has 1 aliphatic carbocycles. The lowest BCUT2D eigenvalue weighted by molar-refractivity contribution is -0.139. The fraction of sp³-hybridized carbons (Fsp3) is 0.714. The van der Waals surface area contributed by atoms with E-state index in [1.165, 1.54) is 0 Å². The normalized spacial score (nSPS) is 35.0. The summed E-state index contributed by atoms with van der Waals surface area (Å²) in [5, 5.41) is 8.53. The Morgan fingerprint density at radius 3 is 2.20 bits per heavy atom. The number of hydrogen-bond donors (Lipinski definition) is 1. The smallest absolute Gasteiger partial charge is 0.307 e. The van der Waals surface area contributed by atoms with Gasteiger partial charge < -0.3 is 9.90 Å². The van der Waals surface area contributed by atoms with Gasteiger partial charge in [0.1, 0.15) is 6.29 Å². The van der Waals surface area contributed by atoms with Crippen LogP contribution in [0, 0.1) is 17.3 Å². The minimum atomic E-state index is -0.859. The zero-order chi connectivity index (χ0) is 7.94. The minimum absolute atomic E-state index is 0.273. The first kappa shape index (κ1) is 7.25. The Hall–Kier alpha value is -0.860. The van der Waals surface area contributed by atoms with Crippen LogP contribution < -0.4 is 0 Å². The molecule has 0 aliphatic heterocycles. The lowest BCUT2D eigenvalue weighted by Crippen LogP contribution is -2.03. The van der Waals surface area contributed by atoms with E-state index in [1.807, 2.05) is 0 Å². The van der Waals surface area contributed by atoms with Gasteiger partial charge in [-0.1, -0.05) is 13.8 Å². The average Bonchev–Trinajstić information content (AvgIpc) is 2.33. The number of aldehydes is 1. The van der Waals surface area contributed by atoms with Gasteiger partial charge in [-0.05, 0) is 5.41 Å². The first-order chi connectivity index (χ1) is 4.51. The lowest BCUT2D eigenvalue weighted by atomic mass is 10.1. The molecular formula is C7H10O3. The highest BCUT2D eigenvalue weighted by Gasteiger charge is 2.62. The number of carbonyl (C=O) groups is 2. The van der Waals surface area contributed by atoms with Crippen molar-refractivity contribution in [2.75, 3.05) is 0 Å². The number of carboxylic acids is 1. The molecule has 0 saturated heterocycles. The Kier molecular flexibility index (Phi) is 1.31. The van der Waals surface area contributed by atoms with Crippen LogP contribution >= 0.6 is 0 Å². The largest absolute Gasteiger partial charge is 0.481 e. The number of rotatable bonds is 2. The molecule has 0 bridgehead atoms. The van der Waals surface area contributed by atoms with E-state index in [9.17, 15) is 9.59 Å². The molecule has 3 heteroatoms. The van der Waals surface area contributed by atoms with Gasteiger partial charge in [0.25, 0.3) is 0 Å². The summed E-state index contributed by atoms with van der Waals surface area (Å²) in [6.45, 7) is 3.59. The zero-order valence-electron chi connectivity index (χ0n) is 6.00. The maximum Gasteiger partial charge on any atom is 0.307 e. The molecule has 0 radical (unpaired) electrons. The number of carboxylic acid groups (broad SMARTS) is 1. The highest BCUT2D eigenvalue weighted by Crippen LogP contribution is 2.56. The van der Waals surface area contributed by atoms with E-state index in [0.717, 1.165) is 6.29 Å². The highest BCUT2D eigenvalue weighted by atomic mass is 16.4. The Morgan fingerprint density at radius 2 is 2.10 bits per heavy atom. The summed E-state index contributed by atoms with van der Waals surface area (Å²) in [7, 11) is 0. The molecule has 0 unspecified atom stereocenters. The van der Waals surface area contributed by atoms with Gasteiger partial charge in [-0.25, -0.2) is 0 Å². The molecular weight excluding hydrogens is 132 g/mol. The van der Waals surface area contributed by atoms with Gasteiger partial charge in [-0.2, -0.15) is 0 Å². The second kappa shape index (κ2) is 1.81. The summed E-state index contributed by atoms with van der Waals surface area (Å²) in [4.78, 5) is 20.6. The molecule has 0 aromatic heterocycles. The first-order valence-corrected chi connectivity index (χ1v) is 3.20. The maximum absolute atomic E-state index is 10.4. The van der Waals surface area contributed by atoms with Crippen LogP contribution in [0.5, 0.6) is 0 Å². The van der Waals surface area contributed by atoms with Gasteiger partial charge in [-0.15, -0.1) is 0 Å². The standard InChI is InChI=1S/C7H10O3/c1-7(2)4(3-8)5(7)6(9)10/h3-5H,1-2H3,(H,9,10)/t4-,5-/m1/s1. The predicted molar refractivity (Wildman–Crippen MR) is 34.5 cm³/mol. The van der Waals surface area contributed by atoms with Gasteiger partial charge in [0.05, 0.1) is 5.92 Å². The minimum Gasteiger partial charge on any atom is -0.481 e. The van der Waals surface area contributed by atoms with Gasteiger partial charge in [0, 0.05) is 5.92 Å². The summed E-state index contributed by atoms with van der Waals surface area (Å²) in [5.41, 5.74) is -0.312. The van der Waals surface area contributed by atoms with E-state index in [0.29, 0.717) is 0 Å². The Morgan fingerprint density at radius 1 is 1.60 bits per heavy atom. The van der Waals surface area contributed by atoms with Crippen LogP contribution in [0.4, 0.5) is 0 Å². The van der Waals surface area contributed by atoms with Gasteiger partial charge in [0.15, 0.2) is 0 Å². The van der Waals surface area contributed by atoms with Gasteiger partial charge in [0.2, 0.25) is 0 Å². The van der Waals surface area contributed by atoms with Gasteiger partial charge >= 0.3 is 5.97 Å². The fourth-order valence-corrected chi connectivity index (χ4v) is 1.40. The molecule has 0 amide bonds. The van der Waals surface area contributed by atoms with Gasteiger partial charge in [-0.3, -0.25) is 4.79 Å². The third kappa shape index (κ3) is 0.735. The van der Waals surface area contributed by atoms with Crippen molar-refractivity contribution >= 4 is 12.3 Å². The molecule has 1 aliphatic rings. The third-order valence-corrected chi connectivity index (χ3v) is 2.32. The Balaban J connectivity index is 2.70. The fourth-order valence-electron chi connectivity index (χ4n) is 1.40. The third-order valence-electron chi connectivity index (χ3n) is 2.32. The summed E-state index contributed by atoms with van der Waals surface area (Å²) in [5.74, 6) is -1.59. The van der Waals surface area contributed by atoms with E-state index in [2.05, 4.69) is 0 Å². The van der Waals surface area contributed by atoms with Crippen molar-refractivity contribution in [3.05, 3.63) is 0 Å². The monoisotopic (exact) mass is 142 g/mol. The second-order valence-electron chi connectivity index (χ2n) is 3.30. The van der Waals surface area contributed by atoms with Crippen LogP contribution in [-0.2, 0) is 9.59 Å². The van der Waals surface area contributed by atoms with Crippen LogP contribution in [0.15, 0.2) is 0 Å². The molecule has 1 saturated carbocycles. The average molecular weight is 142 g/mol. The van der Waals surface area contributed by atoms with Crippen LogP contribution in [0.25, 0.3) is 0 Å². The van der Waals surface area contributed by atoms with Crippen LogP contribution in [0.2, 0.25) is 0 Å². The van der Waals surface area contributed by atoms with Crippen LogP contribution in [-0.4, -0.2) is 17.4 Å². The zero-order valence-corrected chi connectivity index (χ0v) is 6.00. The molecule has 3 nitrogen and oxygen atoms in total. The molecule has 0 heterocycles. The van der Waals surface area contributed by atoms with Crippen molar-refractivity contribution in [2.45, 2.75) is 13.8 Å². The second-order valence-corrected chi connectivity index (χ2v) is 3.30. The number of carbonyl (C=O) groups excluding carboxylic acids is 1. The maximum atomic E-state index is 10.4. The SMILES string of the molecule is CC1(C)[C@H](C=O)[C@@H]1C(=O)O. The quantitative estimate of drug-likeness (QED) is 0.572. The van der Waals surface area contributed by atoms with E-state index >= 15 is 0 Å². The Bertz CT molecular complexity index is 183. The lowest BCUT2D eigenvalue weighted by Gasteiger charge is -1.94. The molecule has 2 atom stereocenters. The van der Waals surface area contributed by atoms with Crippen molar-refractivity contribution in [1.82, 2.24) is 0 Å².